The number of benzene rings is 3. The van der Waals surface area contributed by atoms with Crippen LogP contribution in [0.5, 0.6) is 17.2 Å². The zero-order valence-electron chi connectivity index (χ0n) is 24.2. The molecule has 3 aromatic rings. The van der Waals surface area contributed by atoms with Crippen LogP contribution in [0.4, 0.5) is 5.69 Å². The van der Waals surface area contributed by atoms with Crippen molar-refractivity contribution < 1.29 is 23.8 Å². The number of carbonyl (C=O) groups excluding carboxylic acids is 2. The SMILES string of the molecule is COc1cc(/C=N\NC(=O)COc2ccc(Br)cc2)ccc1OCC(=O)Nc1ccc(C23CC4CC(CC(C4)C2)C3)cc1. The summed E-state index contributed by atoms with van der Waals surface area (Å²) in [6, 6.07) is 20.8. The molecule has 0 saturated heterocycles. The van der Waals surface area contributed by atoms with Crippen molar-refractivity contribution in [1.82, 2.24) is 5.43 Å². The van der Waals surface area contributed by atoms with E-state index in [2.05, 4.69) is 43.9 Å². The number of amides is 2. The minimum absolute atomic E-state index is 0.158. The Morgan fingerprint density at radius 1 is 0.860 bits per heavy atom. The Hall–Kier alpha value is -3.85. The van der Waals surface area contributed by atoms with Crippen molar-refractivity contribution in [2.24, 2.45) is 22.9 Å². The largest absolute Gasteiger partial charge is 0.493 e. The smallest absolute Gasteiger partial charge is 0.277 e. The van der Waals surface area contributed by atoms with Gasteiger partial charge in [0, 0.05) is 10.2 Å². The molecular formula is C34H36BrN3O5. The number of hydrogen-bond acceptors (Lipinski definition) is 6. The summed E-state index contributed by atoms with van der Waals surface area (Å²) in [5.74, 6) is 3.52. The minimum atomic E-state index is -0.389. The average Bonchev–Trinajstić information content (AvgIpc) is 2.99. The van der Waals surface area contributed by atoms with Gasteiger partial charge in [0.05, 0.1) is 13.3 Å². The normalized spacial score (nSPS) is 23.6. The van der Waals surface area contributed by atoms with Crippen LogP contribution in [0.2, 0.25) is 0 Å². The van der Waals surface area contributed by atoms with Gasteiger partial charge in [0.15, 0.2) is 24.7 Å². The third-order valence-electron chi connectivity index (χ3n) is 8.95. The van der Waals surface area contributed by atoms with Crippen LogP contribution in [0.15, 0.2) is 76.3 Å². The Balaban J connectivity index is 0.971. The van der Waals surface area contributed by atoms with Crippen molar-refractivity contribution in [3.8, 4) is 17.2 Å². The van der Waals surface area contributed by atoms with Crippen molar-refractivity contribution in [2.75, 3.05) is 25.6 Å². The van der Waals surface area contributed by atoms with Crippen molar-refractivity contribution in [1.29, 1.82) is 0 Å². The average molecular weight is 647 g/mol. The maximum absolute atomic E-state index is 12.7. The summed E-state index contributed by atoms with van der Waals surface area (Å²) in [5, 5.41) is 6.92. The summed E-state index contributed by atoms with van der Waals surface area (Å²) in [7, 11) is 1.52. The molecule has 4 saturated carbocycles. The first-order valence-electron chi connectivity index (χ1n) is 14.8. The molecule has 0 aromatic heterocycles. The molecule has 43 heavy (non-hydrogen) atoms. The highest BCUT2D eigenvalue weighted by atomic mass is 79.9. The number of halogens is 1. The highest BCUT2D eigenvalue weighted by Crippen LogP contribution is 2.60. The molecule has 7 rings (SSSR count). The summed E-state index contributed by atoms with van der Waals surface area (Å²) >= 11 is 3.36. The highest BCUT2D eigenvalue weighted by molar-refractivity contribution is 9.10. The lowest BCUT2D eigenvalue weighted by atomic mass is 9.48. The molecule has 0 unspecified atom stereocenters. The monoisotopic (exact) mass is 645 g/mol. The number of methoxy groups -OCH3 is 1. The highest BCUT2D eigenvalue weighted by Gasteiger charge is 2.51. The number of hydrazone groups is 1. The lowest BCUT2D eigenvalue weighted by Crippen LogP contribution is -2.48. The van der Waals surface area contributed by atoms with Crippen LogP contribution in [-0.2, 0) is 15.0 Å². The lowest BCUT2D eigenvalue weighted by Gasteiger charge is -2.57. The molecule has 9 heteroatoms. The molecular weight excluding hydrogens is 610 g/mol. The molecule has 4 aliphatic carbocycles. The van der Waals surface area contributed by atoms with Crippen molar-refractivity contribution in [3.63, 3.8) is 0 Å². The summed E-state index contributed by atoms with van der Waals surface area (Å²) in [5.41, 5.74) is 5.66. The molecule has 0 heterocycles. The van der Waals surface area contributed by atoms with Gasteiger partial charge in [-0.1, -0.05) is 28.1 Å². The number of rotatable bonds is 11. The van der Waals surface area contributed by atoms with Gasteiger partial charge in [0.2, 0.25) is 0 Å². The first kappa shape index (κ1) is 29.2. The fourth-order valence-corrected chi connectivity index (χ4v) is 7.75. The van der Waals surface area contributed by atoms with Gasteiger partial charge >= 0.3 is 0 Å². The van der Waals surface area contributed by atoms with E-state index in [1.807, 2.05) is 24.3 Å². The molecule has 224 valence electrons. The third kappa shape index (κ3) is 7.04. The van der Waals surface area contributed by atoms with Gasteiger partial charge in [-0.2, -0.15) is 5.10 Å². The van der Waals surface area contributed by atoms with Gasteiger partial charge in [-0.25, -0.2) is 5.43 Å². The summed E-state index contributed by atoms with van der Waals surface area (Å²) in [6.45, 7) is -0.321. The van der Waals surface area contributed by atoms with E-state index >= 15 is 0 Å². The fraction of sp³-hybridized carbons (Fsp3) is 0.382. The van der Waals surface area contributed by atoms with E-state index < -0.39 is 0 Å². The molecule has 0 spiro atoms. The van der Waals surface area contributed by atoms with Crippen molar-refractivity contribution in [3.05, 3.63) is 82.3 Å². The Kier molecular flexibility index (Phi) is 8.70. The zero-order valence-corrected chi connectivity index (χ0v) is 25.8. The Labute approximate surface area is 260 Å². The standard InChI is InChI=1S/C34H36BrN3O5/c1-41-31-15-22(19-36-38-33(40)21-42-29-9-5-27(35)6-10-29)2-11-30(31)43-20-32(39)37-28-7-3-26(4-8-28)34-16-23-12-24(17-34)14-25(13-23)18-34/h2-11,15,19,23-25H,12-14,16-18,20-21H2,1H3,(H,37,39)(H,38,40)/b36-19-. The molecule has 0 atom stereocenters. The van der Waals surface area contributed by atoms with Crippen LogP contribution >= 0.6 is 15.9 Å². The number of nitrogens with zero attached hydrogens (tertiary/aromatic N) is 1. The first-order valence-corrected chi connectivity index (χ1v) is 15.6. The molecule has 0 radical (unpaired) electrons. The molecule has 0 aliphatic heterocycles. The zero-order chi connectivity index (χ0) is 29.8. The molecule has 4 bridgehead atoms. The van der Waals surface area contributed by atoms with Crippen LogP contribution in [0.3, 0.4) is 0 Å². The number of anilines is 1. The number of nitrogens with one attached hydrogen (secondary N) is 2. The maximum atomic E-state index is 12.7. The molecule has 2 amide bonds. The topological polar surface area (TPSA) is 98.2 Å². The summed E-state index contributed by atoms with van der Waals surface area (Å²) in [6.07, 6.45) is 9.74. The predicted molar refractivity (Wildman–Crippen MR) is 169 cm³/mol. The minimum Gasteiger partial charge on any atom is -0.493 e. The van der Waals surface area contributed by atoms with Gasteiger partial charge in [-0.3, -0.25) is 9.59 Å². The first-order chi connectivity index (χ1) is 20.9. The van der Waals surface area contributed by atoms with Crippen LogP contribution < -0.4 is 25.0 Å². The molecule has 8 nitrogen and oxygen atoms in total. The second-order valence-electron chi connectivity index (χ2n) is 12.1. The molecule has 3 aromatic carbocycles. The molecule has 4 aliphatic rings. The van der Waals surface area contributed by atoms with Crippen LogP contribution in [-0.4, -0.2) is 38.4 Å². The van der Waals surface area contributed by atoms with E-state index in [1.54, 1.807) is 30.3 Å². The van der Waals surface area contributed by atoms with E-state index in [-0.39, 0.29) is 25.0 Å². The summed E-state index contributed by atoms with van der Waals surface area (Å²) in [4.78, 5) is 24.7. The second kappa shape index (κ2) is 12.8. The molecule has 4 fully saturated rings. The molecule has 2 N–H and O–H groups in total. The number of hydrogen-bond donors (Lipinski definition) is 2. The van der Waals surface area contributed by atoms with Gasteiger partial charge in [0.25, 0.3) is 11.8 Å². The fourth-order valence-electron chi connectivity index (χ4n) is 7.49. The maximum Gasteiger partial charge on any atom is 0.277 e. The van der Waals surface area contributed by atoms with E-state index in [4.69, 9.17) is 14.2 Å². The predicted octanol–water partition coefficient (Wildman–Crippen LogP) is 6.47. The Morgan fingerprint density at radius 2 is 1.51 bits per heavy atom. The van der Waals surface area contributed by atoms with Crippen LogP contribution in [0.25, 0.3) is 0 Å². The van der Waals surface area contributed by atoms with Crippen molar-refractivity contribution >= 4 is 39.6 Å². The van der Waals surface area contributed by atoms with Gasteiger partial charge < -0.3 is 19.5 Å². The lowest BCUT2D eigenvalue weighted by molar-refractivity contribution is -0.123. The van der Waals surface area contributed by atoms with Crippen LogP contribution in [0.1, 0.15) is 49.7 Å². The van der Waals surface area contributed by atoms with Crippen molar-refractivity contribution in [2.45, 2.75) is 43.9 Å². The van der Waals surface area contributed by atoms with Gasteiger partial charge in [-0.15, -0.1) is 0 Å². The van der Waals surface area contributed by atoms with E-state index in [0.29, 0.717) is 28.2 Å². The number of ether oxygens (including phenoxy) is 3. The number of carbonyl (C=O) groups is 2. The van der Waals surface area contributed by atoms with Gasteiger partial charge in [0.1, 0.15) is 5.75 Å². The quantitative estimate of drug-likeness (QED) is 0.184. The van der Waals surface area contributed by atoms with Gasteiger partial charge in [-0.05, 0) is 127 Å². The van der Waals surface area contributed by atoms with Crippen LogP contribution in [0, 0.1) is 17.8 Å². The van der Waals surface area contributed by atoms with E-state index in [1.165, 1.54) is 57.4 Å². The second-order valence-corrected chi connectivity index (χ2v) is 13.0. The Bertz CT molecular complexity index is 1450. The third-order valence-corrected chi connectivity index (χ3v) is 9.48. The Morgan fingerprint density at radius 3 is 2.16 bits per heavy atom. The van der Waals surface area contributed by atoms with E-state index in [0.717, 1.165) is 27.9 Å². The summed E-state index contributed by atoms with van der Waals surface area (Å²) < 4.78 is 17.6. The van der Waals surface area contributed by atoms with E-state index in [9.17, 15) is 9.59 Å².